The standard InChI is InChI=1S/C12H18N2O4S2/c1-9(6-7-19-2)13-11-5-4-10(20(3,17)18)8-12(11)14(15)16/h4-5,8-9,13H,6-7H2,1-3H3. The summed E-state index contributed by atoms with van der Waals surface area (Å²) in [6.45, 7) is 1.93. The van der Waals surface area contributed by atoms with E-state index in [1.54, 1.807) is 11.8 Å². The van der Waals surface area contributed by atoms with Gasteiger partial charge in [-0.3, -0.25) is 10.1 Å². The molecule has 0 amide bonds. The number of thioether (sulfide) groups is 1. The summed E-state index contributed by atoms with van der Waals surface area (Å²) in [5.41, 5.74) is 0.125. The van der Waals surface area contributed by atoms with Gasteiger partial charge in [-0.1, -0.05) is 0 Å². The van der Waals surface area contributed by atoms with Crippen LogP contribution in [0.4, 0.5) is 11.4 Å². The number of anilines is 1. The van der Waals surface area contributed by atoms with Crippen LogP contribution in [0.3, 0.4) is 0 Å². The molecule has 8 heteroatoms. The Bertz CT molecular complexity index is 587. The van der Waals surface area contributed by atoms with Gasteiger partial charge in [0.15, 0.2) is 9.84 Å². The highest BCUT2D eigenvalue weighted by Gasteiger charge is 2.19. The molecule has 0 fully saturated rings. The highest BCUT2D eigenvalue weighted by molar-refractivity contribution is 7.98. The minimum Gasteiger partial charge on any atom is -0.377 e. The van der Waals surface area contributed by atoms with Crippen molar-refractivity contribution in [3.05, 3.63) is 28.3 Å². The zero-order chi connectivity index (χ0) is 15.3. The summed E-state index contributed by atoms with van der Waals surface area (Å²) in [4.78, 5) is 10.4. The zero-order valence-electron chi connectivity index (χ0n) is 11.6. The van der Waals surface area contributed by atoms with Crippen molar-refractivity contribution in [2.24, 2.45) is 0 Å². The van der Waals surface area contributed by atoms with Gasteiger partial charge in [0.25, 0.3) is 5.69 Å². The summed E-state index contributed by atoms with van der Waals surface area (Å²) < 4.78 is 22.9. The number of nitro benzene ring substituents is 1. The molecular formula is C12H18N2O4S2. The number of rotatable bonds is 7. The molecule has 0 aliphatic rings. The van der Waals surface area contributed by atoms with E-state index in [1.807, 2.05) is 13.2 Å². The normalized spacial score (nSPS) is 12.9. The van der Waals surface area contributed by atoms with E-state index in [9.17, 15) is 18.5 Å². The number of sulfone groups is 1. The molecule has 0 radical (unpaired) electrons. The molecule has 0 spiro atoms. The molecule has 1 atom stereocenters. The Hall–Kier alpha value is -1.28. The summed E-state index contributed by atoms with van der Waals surface area (Å²) in [5.74, 6) is 0.948. The largest absolute Gasteiger partial charge is 0.377 e. The van der Waals surface area contributed by atoms with Crippen LogP contribution >= 0.6 is 11.8 Å². The van der Waals surface area contributed by atoms with Crippen LogP contribution in [0.5, 0.6) is 0 Å². The SMILES string of the molecule is CSCCC(C)Nc1ccc(S(C)(=O)=O)cc1[N+](=O)[O-]. The van der Waals surface area contributed by atoms with Crippen molar-refractivity contribution in [2.75, 3.05) is 23.6 Å². The van der Waals surface area contributed by atoms with Crippen LogP contribution in [0, 0.1) is 10.1 Å². The molecule has 6 nitrogen and oxygen atoms in total. The lowest BCUT2D eigenvalue weighted by Gasteiger charge is -2.15. The molecule has 1 aromatic carbocycles. The Kier molecular flexibility index (Phi) is 5.82. The van der Waals surface area contributed by atoms with Gasteiger partial charge in [-0.15, -0.1) is 0 Å². The van der Waals surface area contributed by atoms with Gasteiger partial charge in [0.2, 0.25) is 0 Å². The van der Waals surface area contributed by atoms with E-state index in [1.165, 1.54) is 12.1 Å². The van der Waals surface area contributed by atoms with Crippen molar-refractivity contribution in [3.8, 4) is 0 Å². The van der Waals surface area contributed by atoms with E-state index in [0.717, 1.165) is 24.5 Å². The molecule has 0 aliphatic carbocycles. The molecule has 112 valence electrons. The predicted molar refractivity (Wildman–Crippen MR) is 82.3 cm³/mol. The number of benzene rings is 1. The average molecular weight is 318 g/mol. The fraction of sp³-hybridized carbons (Fsp3) is 0.500. The third-order valence-electron chi connectivity index (χ3n) is 2.75. The molecule has 0 saturated carbocycles. The first kappa shape index (κ1) is 16.8. The second-order valence-corrected chi connectivity index (χ2v) is 7.54. The first-order chi connectivity index (χ1) is 9.25. The van der Waals surface area contributed by atoms with Gasteiger partial charge in [0, 0.05) is 18.4 Å². The van der Waals surface area contributed by atoms with Crippen molar-refractivity contribution < 1.29 is 13.3 Å². The van der Waals surface area contributed by atoms with Gasteiger partial charge in [-0.05, 0) is 37.5 Å². The number of nitrogens with zero attached hydrogens (tertiary/aromatic N) is 1. The van der Waals surface area contributed by atoms with Gasteiger partial charge >= 0.3 is 0 Å². The fourth-order valence-corrected chi connectivity index (χ4v) is 2.88. The van der Waals surface area contributed by atoms with Crippen molar-refractivity contribution in [1.82, 2.24) is 0 Å². The van der Waals surface area contributed by atoms with Crippen molar-refractivity contribution in [1.29, 1.82) is 0 Å². The van der Waals surface area contributed by atoms with Gasteiger partial charge in [-0.2, -0.15) is 11.8 Å². The maximum atomic E-state index is 11.4. The van der Waals surface area contributed by atoms with Crippen LogP contribution in [-0.2, 0) is 9.84 Å². The number of hydrogen-bond acceptors (Lipinski definition) is 6. The Morgan fingerprint density at radius 1 is 1.45 bits per heavy atom. The van der Waals surface area contributed by atoms with Crippen molar-refractivity contribution >= 4 is 33.0 Å². The number of nitro groups is 1. The average Bonchev–Trinajstić information content (AvgIpc) is 2.35. The molecule has 0 aliphatic heterocycles. The van der Waals surface area contributed by atoms with E-state index in [4.69, 9.17) is 0 Å². The lowest BCUT2D eigenvalue weighted by atomic mass is 10.2. The highest BCUT2D eigenvalue weighted by Crippen LogP contribution is 2.28. The quantitative estimate of drug-likeness (QED) is 0.614. The highest BCUT2D eigenvalue weighted by atomic mass is 32.2. The predicted octanol–water partition coefficient (Wildman–Crippen LogP) is 2.55. The van der Waals surface area contributed by atoms with Gasteiger partial charge in [0.1, 0.15) is 5.69 Å². The van der Waals surface area contributed by atoms with Crippen LogP contribution < -0.4 is 5.32 Å². The summed E-state index contributed by atoms with van der Waals surface area (Å²) in [6, 6.07) is 4.00. The Morgan fingerprint density at radius 3 is 2.60 bits per heavy atom. The Balaban J connectivity index is 3.05. The van der Waals surface area contributed by atoms with Crippen molar-refractivity contribution in [3.63, 3.8) is 0 Å². The second-order valence-electron chi connectivity index (χ2n) is 4.54. The zero-order valence-corrected chi connectivity index (χ0v) is 13.3. The summed E-state index contributed by atoms with van der Waals surface area (Å²) in [5, 5.41) is 14.1. The lowest BCUT2D eigenvalue weighted by Crippen LogP contribution is -2.17. The molecule has 1 aromatic rings. The third-order valence-corrected chi connectivity index (χ3v) is 4.51. The molecule has 1 rings (SSSR count). The van der Waals surface area contributed by atoms with Crippen LogP contribution in [0.1, 0.15) is 13.3 Å². The lowest BCUT2D eigenvalue weighted by molar-refractivity contribution is -0.384. The fourth-order valence-electron chi connectivity index (χ4n) is 1.65. The van der Waals surface area contributed by atoms with Crippen LogP contribution in [0.2, 0.25) is 0 Å². The minimum absolute atomic E-state index is 0.0495. The molecule has 0 saturated heterocycles. The van der Waals surface area contributed by atoms with Crippen molar-refractivity contribution in [2.45, 2.75) is 24.3 Å². The van der Waals surface area contributed by atoms with E-state index in [-0.39, 0.29) is 16.6 Å². The molecule has 1 N–H and O–H groups in total. The Labute approximate surface area is 123 Å². The molecular weight excluding hydrogens is 300 g/mol. The van der Waals surface area contributed by atoms with E-state index in [2.05, 4.69) is 5.32 Å². The van der Waals surface area contributed by atoms with Gasteiger partial charge < -0.3 is 5.32 Å². The van der Waals surface area contributed by atoms with Crippen LogP contribution in [-0.4, -0.2) is 37.6 Å². The summed E-state index contributed by atoms with van der Waals surface area (Å²) in [6.07, 6.45) is 3.89. The summed E-state index contributed by atoms with van der Waals surface area (Å²) in [7, 11) is -3.45. The van der Waals surface area contributed by atoms with E-state index in [0.29, 0.717) is 5.69 Å². The first-order valence-corrected chi connectivity index (χ1v) is 9.28. The first-order valence-electron chi connectivity index (χ1n) is 5.99. The number of nitrogens with one attached hydrogen (secondary N) is 1. The maximum absolute atomic E-state index is 11.4. The summed E-state index contributed by atoms with van der Waals surface area (Å²) >= 11 is 1.70. The van der Waals surface area contributed by atoms with E-state index < -0.39 is 14.8 Å². The molecule has 1 unspecified atom stereocenters. The second kappa shape index (κ2) is 6.94. The number of hydrogen-bond donors (Lipinski definition) is 1. The molecule has 0 aromatic heterocycles. The third kappa shape index (κ3) is 4.68. The molecule has 0 heterocycles. The molecule has 20 heavy (non-hydrogen) atoms. The minimum atomic E-state index is -3.45. The maximum Gasteiger partial charge on any atom is 0.293 e. The van der Waals surface area contributed by atoms with Crippen LogP contribution in [0.15, 0.2) is 23.1 Å². The van der Waals surface area contributed by atoms with Gasteiger partial charge in [-0.25, -0.2) is 8.42 Å². The van der Waals surface area contributed by atoms with Crippen LogP contribution in [0.25, 0.3) is 0 Å². The molecule has 0 bridgehead atoms. The smallest absolute Gasteiger partial charge is 0.293 e. The topological polar surface area (TPSA) is 89.3 Å². The monoisotopic (exact) mass is 318 g/mol. The Morgan fingerprint density at radius 2 is 2.10 bits per heavy atom. The van der Waals surface area contributed by atoms with Gasteiger partial charge in [0.05, 0.1) is 9.82 Å². The van der Waals surface area contributed by atoms with E-state index >= 15 is 0 Å².